The van der Waals surface area contributed by atoms with Gasteiger partial charge in [-0.1, -0.05) is 42.5 Å². The number of hydrogen-bond donors (Lipinski definition) is 0. The average molecular weight is 364 g/mol. The monoisotopic (exact) mass is 364 g/mol. The van der Waals surface area contributed by atoms with Gasteiger partial charge >= 0.3 is 0 Å². The Balaban J connectivity index is 1.89. The maximum atomic E-state index is 6.33. The van der Waals surface area contributed by atoms with E-state index in [9.17, 15) is 0 Å². The predicted octanol–water partition coefficient (Wildman–Crippen LogP) is 5.48. The lowest BCUT2D eigenvalue weighted by molar-refractivity contribution is 0.670. The zero-order valence-corrected chi connectivity index (χ0v) is 15.5. The first-order chi connectivity index (χ1) is 13.7. The highest BCUT2D eigenvalue weighted by atomic mass is 16.3. The summed E-state index contributed by atoms with van der Waals surface area (Å²) in [5.41, 5.74) is 3.77. The number of para-hydroxylation sites is 2. The Kier molecular flexibility index (Phi) is 2.95. The van der Waals surface area contributed by atoms with Crippen molar-refractivity contribution in [2.75, 3.05) is 0 Å². The number of aryl methyl sites for hydroxylation is 2. The Morgan fingerprint density at radius 1 is 0.679 bits per heavy atom. The molecule has 0 aliphatic heterocycles. The number of rotatable bonds is 1. The van der Waals surface area contributed by atoms with Crippen LogP contribution in [0.25, 0.3) is 49.7 Å². The Labute approximate surface area is 160 Å². The van der Waals surface area contributed by atoms with E-state index < -0.39 is 0 Å². The van der Waals surface area contributed by atoms with Crippen LogP contribution in [0.4, 0.5) is 0 Å². The molecular weight excluding hydrogens is 348 g/mol. The van der Waals surface area contributed by atoms with Gasteiger partial charge in [-0.25, -0.2) is 4.98 Å². The highest BCUT2D eigenvalue weighted by molar-refractivity contribution is 6.21. The first kappa shape index (κ1) is 15.3. The summed E-state index contributed by atoms with van der Waals surface area (Å²) in [6, 6.07) is 20.8. The second kappa shape index (κ2) is 5.39. The molecule has 134 valence electrons. The molecule has 0 aliphatic carbocycles. The minimum atomic E-state index is 0.615. The molecule has 0 bridgehead atoms. The zero-order valence-electron chi connectivity index (χ0n) is 15.5. The molecular formula is C23H16N4O. The molecule has 0 fully saturated rings. The Hall–Kier alpha value is -3.73. The molecule has 0 saturated carbocycles. The van der Waals surface area contributed by atoms with E-state index in [0.29, 0.717) is 17.6 Å². The molecule has 5 heteroatoms. The predicted molar refractivity (Wildman–Crippen MR) is 111 cm³/mol. The average Bonchev–Trinajstić information content (AvgIpc) is 3.23. The van der Waals surface area contributed by atoms with Crippen LogP contribution in [-0.4, -0.2) is 19.5 Å². The normalized spacial score (nSPS) is 11.9. The molecule has 0 spiro atoms. The van der Waals surface area contributed by atoms with Crippen LogP contribution in [-0.2, 0) is 0 Å². The third-order valence-electron chi connectivity index (χ3n) is 5.23. The van der Waals surface area contributed by atoms with Crippen molar-refractivity contribution in [3.8, 4) is 5.95 Å². The summed E-state index contributed by atoms with van der Waals surface area (Å²) in [5.74, 6) is 2.01. The Morgan fingerprint density at radius 3 is 2.18 bits per heavy atom. The second-order valence-electron chi connectivity index (χ2n) is 7.02. The van der Waals surface area contributed by atoms with E-state index in [-0.39, 0.29) is 0 Å². The van der Waals surface area contributed by atoms with Crippen molar-refractivity contribution in [1.29, 1.82) is 0 Å². The van der Waals surface area contributed by atoms with E-state index in [2.05, 4.69) is 55.9 Å². The molecule has 0 radical (unpaired) electrons. The van der Waals surface area contributed by atoms with Gasteiger partial charge < -0.3 is 4.42 Å². The minimum Gasteiger partial charge on any atom is -0.454 e. The lowest BCUT2D eigenvalue weighted by atomic mass is 10.1. The molecule has 3 aromatic heterocycles. The number of benzene rings is 3. The van der Waals surface area contributed by atoms with Gasteiger partial charge in [-0.15, -0.1) is 0 Å². The molecule has 0 atom stereocenters. The van der Waals surface area contributed by atoms with Crippen molar-refractivity contribution < 1.29 is 4.42 Å². The second-order valence-corrected chi connectivity index (χ2v) is 7.02. The van der Waals surface area contributed by atoms with Crippen LogP contribution >= 0.6 is 0 Å². The summed E-state index contributed by atoms with van der Waals surface area (Å²) in [5, 5.41) is 4.47. The molecule has 0 N–H and O–H groups in total. The molecule has 5 nitrogen and oxygen atoms in total. The topological polar surface area (TPSA) is 56.7 Å². The van der Waals surface area contributed by atoms with E-state index in [0.717, 1.165) is 43.7 Å². The van der Waals surface area contributed by atoms with Crippen LogP contribution in [0.1, 0.15) is 11.6 Å². The van der Waals surface area contributed by atoms with Crippen molar-refractivity contribution in [3.05, 3.63) is 72.3 Å². The van der Waals surface area contributed by atoms with Crippen LogP contribution in [0, 0.1) is 13.8 Å². The zero-order chi connectivity index (χ0) is 18.8. The van der Waals surface area contributed by atoms with Gasteiger partial charge in [-0.05, 0) is 32.0 Å². The van der Waals surface area contributed by atoms with E-state index in [1.165, 1.54) is 0 Å². The highest BCUT2D eigenvalue weighted by Crippen LogP contribution is 2.39. The van der Waals surface area contributed by atoms with E-state index in [1.54, 1.807) is 0 Å². The van der Waals surface area contributed by atoms with Crippen LogP contribution in [0.3, 0.4) is 0 Å². The summed E-state index contributed by atoms with van der Waals surface area (Å²) >= 11 is 0. The van der Waals surface area contributed by atoms with E-state index >= 15 is 0 Å². The molecule has 0 saturated heterocycles. The fourth-order valence-electron chi connectivity index (χ4n) is 4.14. The minimum absolute atomic E-state index is 0.615. The van der Waals surface area contributed by atoms with Crippen LogP contribution in [0.2, 0.25) is 0 Å². The lowest BCUT2D eigenvalue weighted by Gasteiger charge is -2.07. The Morgan fingerprint density at radius 2 is 1.36 bits per heavy atom. The van der Waals surface area contributed by atoms with Crippen molar-refractivity contribution in [3.63, 3.8) is 0 Å². The molecule has 3 aromatic carbocycles. The van der Waals surface area contributed by atoms with Gasteiger partial charge in [0.2, 0.25) is 5.95 Å². The first-order valence-electron chi connectivity index (χ1n) is 9.24. The summed E-state index contributed by atoms with van der Waals surface area (Å²) in [7, 11) is 0. The number of fused-ring (bicyclic) bond motifs is 7. The molecule has 6 rings (SSSR count). The van der Waals surface area contributed by atoms with Crippen LogP contribution in [0.15, 0.2) is 65.1 Å². The third kappa shape index (κ3) is 1.98. The summed E-state index contributed by atoms with van der Waals surface area (Å²) < 4.78 is 8.42. The number of nitrogens with zero attached hydrogens (tertiary/aromatic N) is 4. The molecule has 0 amide bonds. The molecule has 0 aliphatic rings. The van der Waals surface area contributed by atoms with Gasteiger partial charge in [0.15, 0.2) is 5.58 Å². The van der Waals surface area contributed by atoms with Crippen LogP contribution in [0.5, 0.6) is 0 Å². The standard InChI is InChI=1S/C23H16N4O/c1-13-24-14(2)26-23(25-13)27-19-9-5-3-7-15(19)17-11-12-18-16-8-4-6-10-20(16)28-22(18)21(17)27/h3-12H,1-2H3. The third-order valence-corrected chi connectivity index (χ3v) is 5.23. The molecule has 6 aromatic rings. The number of aromatic nitrogens is 4. The van der Waals surface area contributed by atoms with Gasteiger partial charge in [-0.2, -0.15) is 9.97 Å². The van der Waals surface area contributed by atoms with Gasteiger partial charge in [0.05, 0.1) is 5.52 Å². The van der Waals surface area contributed by atoms with Gasteiger partial charge in [0.1, 0.15) is 22.7 Å². The quantitative estimate of drug-likeness (QED) is 0.387. The smallest absolute Gasteiger partial charge is 0.238 e. The lowest BCUT2D eigenvalue weighted by Crippen LogP contribution is -2.06. The Bertz CT molecular complexity index is 1520. The fourth-order valence-corrected chi connectivity index (χ4v) is 4.14. The summed E-state index contributed by atoms with van der Waals surface area (Å²) in [4.78, 5) is 13.6. The maximum absolute atomic E-state index is 6.33. The highest BCUT2D eigenvalue weighted by Gasteiger charge is 2.20. The van der Waals surface area contributed by atoms with Gasteiger partial charge in [0, 0.05) is 21.5 Å². The largest absolute Gasteiger partial charge is 0.454 e. The number of furan rings is 1. The van der Waals surface area contributed by atoms with Crippen molar-refractivity contribution in [1.82, 2.24) is 19.5 Å². The molecule has 0 unspecified atom stereocenters. The van der Waals surface area contributed by atoms with Gasteiger partial charge in [0.25, 0.3) is 0 Å². The van der Waals surface area contributed by atoms with Crippen molar-refractivity contribution >= 4 is 43.7 Å². The SMILES string of the molecule is Cc1nc(C)nc(-n2c3ccccc3c3ccc4c5ccccc5oc4c32)n1. The van der Waals surface area contributed by atoms with Crippen molar-refractivity contribution in [2.45, 2.75) is 13.8 Å². The van der Waals surface area contributed by atoms with E-state index in [1.807, 2.05) is 38.1 Å². The molecule has 3 heterocycles. The maximum Gasteiger partial charge on any atom is 0.238 e. The van der Waals surface area contributed by atoms with Crippen molar-refractivity contribution in [2.24, 2.45) is 0 Å². The summed E-state index contributed by atoms with van der Waals surface area (Å²) in [6.45, 7) is 3.78. The van der Waals surface area contributed by atoms with Gasteiger partial charge in [-0.3, -0.25) is 4.57 Å². The summed E-state index contributed by atoms with van der Waals surface area (Å²) in [6.07, 6.45) is 0. The number of hydrogen-bond acceptors (Lipinski definition) is 4. The van der Waals surface area contributed by atoms with Crippen LogP contribution < -0.4 is 0 Å². The fraction of sp³-hybridized carbons (Fsp3) is 0.0870. The first-order valence-corrected chi connectivity index (χ1v) is 9.24. The molecule has 28 heavy (non-hydrogen) atoms. The van der Waals surface area contributed by atoms with E-state index in [4.69, 9.17) is 4.42 Å².